The third kappa shape index (κ3) is 3.09. The summed E-state index contributed by atoms with van der Waals surface area (Å²) in [5.41, 5.74) is 0.880. The van der Waals surface area contributed by atoms with Gasteiger partial charge in [-0.25, -0.2) is 0 Å². The Bertz CT molecular complexity index is 663. The maximum atomic E-state index is 12.1. The van der Waals surface area contributed by atoms with Gasteiger partial charge in [0.05, 0.1) is 5.75 Å². The zero-order valence-corrected chi connectivity index (χ0v) is 13.2. The van der Waals surface area contributed by atoms with Gasteiger partial charge in [-0.05, 0) is 37.1 Å². The quantitative estimate of drug-likeness (QED) is 0.872. The van der Waals surface area contributed by atoms with Crippen molar-refractivity contribution >= 4 is 17.7 Å². The molecule has 1 amide bonds. The summed E-state index contributed by atoms with van der Waals surface area (Å²) in [6.45, 7) is 1.74. The van der Waals surface area contributed by atoms with E-state index in [0.29, 0.717) is 5.75 Å². The first-order valence-electron chi connectivity index (χ1n) is 7.24. The number of aromatic nitrogens is 3. The molecule has 0 bridgehead atoms. The summed E-state index contributed by atoms with van der Waals surface area (Å²) in [4.78, 5) is 14.0. The molecule has 22 heavy (non-hydrogen) atoms. The molecule has 0 unspecified atom stereocenters. The second-order valence-electron chi connectivity index (χ2n) is 5.29. The maximum absolute atomic E-state index is 12.1. The Morgan fingerprint density at radius 2 is 1.91 bits per heavy atom. The number of amides is 1. The number of carbonyl (C=O) groups excluding carboxylic acids is 1. The van der Waals surface area contributed by atoms with Crippen LogP contribution in [-0.4, -0.2) is 49.5 Å². The van der Waals surface area contributed by atoms with Gasteiger partial charge in [0.2, 0.25) is 5.91 Å². The van der Waals surface area contributed by atoms with Crippen LogP contribution in [0.5, 0.6) is 5.75 Å². The van der Waals surface area contributed by atoms with Crippen LogP contribution in [0.4, 0.5) is 0 Å². The van der Waals surface area contributed by atoms with Crippen LogP contribution in [0.2, 0.25) is 0 Å². The van der Waals surface area contributed by atoms with E-state index in [9.17, 15) is 9.90 Å². The predicted molar refractivity (Wildman–Crippen MR) is 84.6 cm³/mol. The molecule has 1 N–H and O–H groups in total. The Hall–Kier alpha value is -2.02. The Kier molecular flexibility index (Phi) is 4.33. The number of carbonyl (C=O) groups is 1. The van der Waals surface area contributed by atoms with Crippen LogP contribution < -0.4 is 0 Å². The summed E-state index contributed by atoms with van der Waals surface area (Å²) in [6, 6.07) is 6.83. The van der Waals surface area contributed by atoms with Crippen molar-refractivity contribution in [3.8, 4) is 17.1 Å². The van der Waals surface area contributed by atoms with Crippen molar-refractivity contribution in [1.29, 1.82) is 0 Å². The Labute approximate surface area is 133 Å². The Balaban J connectivity index is 1.68. The SMILES string of the molecule is Cn1c(SCC(=O)N2CCCC2)nnc1-c1ccc(O)cc1. The van der Waals surface area contributed by atoms with Crippen LogP contribution in [0.3, 0.4) is 0 Å². The van der Waals surface area contributed by atoms with Crippen molar-refractivity contribution in [2.24, 2.45) is 7.05 Å². The highest BCUT2D eigenvalue weighted by Crippen LogP contribution is 2.24. The standard InChI is InChI=1S/C15H18N4O2S/c1-18-14(11-4-6-12(20)7-5-11)16-17-15(18)22-10-13(21)19-8-2-3-9-19/h4-7,20H,2-3,8-10H2,1H3. The van der Waals surface area contributed by atoms with Gasteiger partial charge < -0.3 is 14.6 Å². The monoisotopic (exact) mass is 318 g/mol. The second kappa shape index (κ2) is 6.39. The van der Waals surface area contributed by atoms with Crippen LogP contribution in [0.25, 0.3) is 11.4 Å². The normalized spacial score (nSPS) is 14.5. The summed E-state index contributed by atoms with van der Waals surface area (Å²) >= 11 is 1.41. The van der Waals surface area contributed by atoms with E-state index in [-0.39, 0.29) is 11.7 Å². The van der Waals surface area contributed by atoms with Gasteiger partial charge in [-0.2, -0.15) is 0 Å². The van der Waals surface area contributed by atoms with Gasteiger partial charge >= 0.3 is 0 Å². The highest BCUT2D eigenvalue weighted by Gasteiger charge is 2.19. The van der Waals surface area contributed by atoms with E-state index in [1.807, 2.05) is 16.5 Å². The molecule has 1 aliphatic heterocycles. The number of thioether (sulfide) groups is 1. The van der Waals surface area contributed by atoms with Crippen LogP contribution >= 0.6 is 11.8 Å². The molecule has 6 nitrogen and oxygen atoms in total. The molecule has 0 aliphatic carbocycles. The summed E-state index contributed by atoms with van der Waals surface area (Å²) in [7, 11) is 1.88. The van der Waals surface area contributed by atoms with Crippen LogP contribution in [0.15, 0.2) is 29.4 Å². The van der Waals surface area contributed by atoms with Crippen molar-refractivity contribution in [3.63, 3.8) is 0 Å². The van der Waals surface area contributed by atoms with Crippen molar-refractivity contribution < 1.29 is 9.90 Å². The van der Waals surface area contributed by atoms with Crippen LogP contribution in [0.1, 0.15) is 12.8 Å². The minimum absolute atomic E-state index is 0.164. The average molecular weight is 318 g/mol. The highest BCUT2D eigenvalue weighted by molar-refractivity contribution is 7.99. The fourth-order valence-corrected chi connectivity index (χ4v) is 3.30. The van der Waals surface area contributed by atoms with E-state index < -0.39 is 0 Å². The topological polar surface area (TPSA) is 71.2 Å². The van der Waals surface area contributed by atoms with Crippen molar-refractivity contribution in [2.75, 3.05) is 18.8 Å². The van der Waals surface area contributed by atoms with E-state index in [4.69, 9.17) is 0 Å². The first-order valence-corrected chi connectivity index (χ1v) is 8.23. The Morgan fingerprint density at radius 1 is 1.23 bits per heavy atom. The predicted octanol–water partition coefficient (Wildman–Crippen LogP) is 1.90. The lowest BCUT2D eigenvalue weighted by atomic mass is 10.2. The zero-order chi connectivity index (χ0) is 15.5. The molecule has 2 aromatic rings. The van der Waals surface area contributed by atoms with E-state index >= 15 is 0 Å². The molecule has 0 spiro atoms. The number of rotatable bonds is 4. The minimum Gasteiger partial charge on any atom is -0.508 e. The first-order chi connectivity index (χ1) is 10.6. The second-order valence-corrected chi connectivity index (χ2v) is 6.23. The molecule has 7 heteroatoms. The lowest BCUT2D eigenvalue weighted by Gasteiger charge is -2.14. The third-order valence-corrected chi connectivity index (χ3v) is 4.75. The van der Waals surface area contributed by atoms with Crippen molar-refractivity contribution in [2.45, 2.75) is 18.0 Å². The summed E-state index contributed by atoms with van der Waals surface area (Å²) in [6.07, 6.45) is 2.21. The van der Waals surface area contributed by atoms with Gasteiger partial charge in [-0.15, -0.1) is 10.2 Å². The molecule has 1 aromatic heterocycles. The average Bonchev–Trinajstić information content (AvgIpc) is 3.16. The lowest BCUT2D eigenvalue weighted by Crippen LogP contribution is -2.29. The molecule has 1 fully saturated rings. The number of hydrogen-bond donors (Lipinski definition) is 1. The van der Waals surface area contributed by atoms with Gasteiger partial charge in [-0.1, -0.05) is 11.8 Å². The molecule has 1 saturated heterocycles. The van der Waals surface area contributed by atoms with Crippen LogP contribution in [-0.2, 0) is 11.8 Å². The number of phenols is 1. The maximum Gasteiger partial charge on any atom is 0.233 e. The molecule has 0 atom stereocenters. The Morgan fingerprint density at radius 3 is 2.59 bits per heavy atom. The molecule has 0 radical (unpaired) electrons. The fraction of sp³-hybridized carbons (Fsp3) is 0.400. The highest BCUT2D eigenvalue weighted by atomic mass is 32.2. The first kappa shape index (κ1) is 14.9. The number of phenolic OH excluding ortho intramolecular Hbond substituents is 1. The number of likely N-dealkylation sites (tertiary alicyclic amines) is 1. The lowest BCUT2D eigenvalue weighted by molar-refractivity contribution is -0.127. The molecule has 2 heterocycles. The van der Waals surface area contributed by atoms with Gasteiger partial charge in [0.25, 0.3) is 0 Å². The van der Waals surface area contributed by atoms with Gasteiger partial charge in [0, 0.05) is 25.7 Å². The van der Waals surface area contributed by atoms with E-state index in [1.165, 1.54) is 11.8 Å². The molecule has 1 aromatic carbocycles. The molecule has 1 aliphatic rings. The van der Waals surface area contributed by atoms with Gasteiger partial charge in [0.1, 0.15) is 5.75 Å². The molecule has 3 rings (SSSR count). The largest absolute Gasteiger partial charge is 0.508 e. The molecule has 0 saturated carbocycles. The minimum atomic E-state index is 0.164. The zero-order valence-electron chi connectivity index (χ0n) is 12.4. The molecule has 116 valence electrons. The van der Waals surface area contributed by atoms with Crippen molar-refractivity contribution in [1.82, 2.24) is 19.7 Å². The number of hydrogen-bond acceptors (Lipinski definition) is 5. The molecular weight excluding hydrogens is 300 g/mol. The summed E-state index contributed by atoms with van der Waals surface area (Å²) in [5, 5.41) is 18.4. The van der Waals surface area contributed by atoms with E-state index in [1.54, 1.807) is 24.3 Å². The summed E-state index contributed by atoms with van der Waals surface area (Å²) in [5.74, 6) is 1.49. The van der Waals surface area contributed by atoms with E-state index in [0.717, 1.165) is 42.5 Å². The van der Waals surface area contributed by atoms with Crippen molar-refractivity contribution in [3.05, 3.63) is 24.3 Å². The van der Waals surface area contributed by atoms with Gasteiger partial charge in [-0.3, -0.25) is 4.79 Å². The fourth-order valence-electron chi connectivity index (χ4n) is 2.49. The smallest absolute Gasteiger partial charge is 0.233 e. The van der Waals surface area contributed by atoms with Crippen LogP contribution in [0, 0.1) is 0 Å². The van der Waals surface area contributed by atoms with E-state index in [2.05, 4.69) is 10.2 Å². The molecular formula is C15H18N4O2S. The number of aromatic hydroxyl groups is 1. The van der Waals surface area contributed by atoms with Gasteiger partial charge in [0.15, 0.2) is 11.0 Å². The number of nitrogens with zero attached hydrogens (tertiary/aromatic N) is 4. The number of benzene rings is 1. The third-order valence-electron chi connectivity index (χ3n) is 3.74. The summed E-state index contributed by atoms with van der Waals surface area (Å²) < 4.78 is 1.87.